The molecule has 2 rings (SSSR count). The SMILES string of the molecule is CCN(C(=O)c1cc(C)oc1-c1ccccc1)[C@H](C)CO. The van der Waals surface area contributed by atoms with E-state index in [1.54, 1.807) is 11.0 Å². The quantitative estimate of drug-likeness (QED) is 0.919. The average Bonchev–Trinajstić information content (AvgIpc) is 2.90. The van der Waals surface area contributed by atoms with E-state index < -0.39 is 0 Å². The van der Waals surface area contributed by atoms with Crippen molar-refractivity contribution >= 4 is 5.91 Å². The lowest BCUT2D eigenvalue weighted by atomic mass is 10.1. The second-order valence-electron chi connectivity index (χ2n) is 5.09. The molecule has 0 bridgehead atoms. The summed E-state index contributed by atoms with van der Waals surface area (Å²) in [6, 6.07) is 11.1. The Morgan fingerprint density at radius 1 is 1.33 bits per heavy atom. The van der Waals surface area contributed by atoms with Crippen molar-refractivity contribution in [2.75, 3.05) is 13.2 Å². The van der Waals surface area contributed by atoms with E-state index in [1.165, 1.54) is 0 Å². The Hall–Kier alpha value is -2.07. The first-order valence-corrected chi connectivity index (χ1v) is 7.16. The molecule has 0 fully saturated rings. The maximum atomic E-state index is 12.7. The van der Waals surface area contributed by atoms with Crippen molar-refractivity contribution in [3.05, 3.63) is 47.7 Å². The first-order chi connectivity index (χ1) is 10.1. The second-order valence-corrected chi connectivity index (χ2v) is 5.09. The zero-order valence-electron chi connectivity index (χ0n) is 12.7. The molecule has 0 spiro atoms. The molecule has 0 saturated carbocycles. The Morgan fingerprint density at radius 3 is 2.57 bits per heavy atom. The van der Waals surface area contributed by atoms with E-state index in [-0.39, 0.29) is 18.6 Å². The average molecular weight is 287 g/mol. The highest BCUT2D eigenvalue weighted by atomic mass is 16.3. The van der Waals surface area contributed by atoms with E-state index in [1.807, 2.05) is 51.1 Å². The summed E-state index contributed by atoms with van der Waals surface area (Å²) < 4.78 is 5.72. The van der Waals surface area contributed by atoms with Crippen LogP contribution in [-0.2, 0) is 0 Å². The van der Waals surface area contributed by atoms with Crippen LogP contribution in [0.4, 0.5) is 0 Å². The third-order valence-electron chi connectivity index (χ3n) is 3.52. The van der Waals surface area contributed by atoms with Gasteiger partial charge < -0.3 is 14.4 Å². The lowest BCUT2D eigenvalue weighted by Gasteiger charge is -2.26. The van der Waals surface area contributed by atoms with Gasteiger partial charge in [-0.3, -0.25) is 4.79 Å². The van der Waals surface area contributed by atoms with Gasteiger partial charge in [0.1, 0.15) is 11.5 Å². The van der Waals surface area contributed by atoms with Crippen LogP contribution in [0, 0.1) is 6.92 Å². The largest absolute Gasteiger partial charge is 0.461 e. The van der Waals surface area contributed by atoms with E-state index in [0.717, 1.165) is 5.56 Å². The Kier molecular flexibility index (Phi) is 4.81. The molecule has 1 aromatic carbocycles. The molecule has 0 saturated heterocycles. The van der Waals surface area contributed by atoms with Crippen LogP contribution in [0.5, 0.6) is 0 Å². The lowest BCUT2D eigenvalue weighted by molar-refractivity contribution is 0.0633. The van der Waals surface area contributed by atoms with Crippen molar-refractivity contribution in [3.63, 3.8) is 0 Å². The first kappa shape index (κ1) is 15.3. The van der Waals surface area contributed by atoms with Gasteiger partial charge in [-0.25, -0.2) is 0 Å². The van der Waals surface area contributed by atoms with Crippen molar-refractivity contribution in [1.29, 1.82) is 0 Å². The van der Waals surface area contributed by atoms with Gasteiger partial charge in [-0.1, -0.05) is 30.3 Å². The number of hydrogen-bond acceptors (Lipinski definition) is 3. The molecule has 0 unspecified atom stereocenters. The summed E-state index contributed by atoms with van der Waals surface area (Å²) in [6.07, 6.45) is 0. The van der Waals surface area contributed by atoms with Gasteiger partial charge in [-0.2, -0.15) is 0 Å². The van der Waals surface area contributed by atoms with Crippen molar-refractivity contribution in [3.8, 4) is 11.3 Å². The Balaban J connectivity index is 2.42. The molecule has 1 N–H and O–H groups in total. The molecule has 112 valence electrons. The number of carbonyl (C=O) groups is 1. The number of carbonyl (C=O) groups excluding carboxylic acids is 1. The Bertz CT molecular complexity index is 604. The number of furan rings is 1. The summed E-state index contributed by atoms with van der Waals surface area (Å²) in [4.78, 5) is 14.4. The first-order valence-electron chi connectivity index (χ1n) is 7.16. The van der Waals surface area contributed by atoms with Crippen LogP contribution in [0.2, 0.25) is 0 Å². The number of aryl methyl sites for hydroxylation is 1. The van der Waals surface area contributed by atoms with Crippen LogP contribution in [0.3, 0.4) is 0 Å². The summed E-state index contributed by atoms with van der Waals surface area (Å²) in [5.74, 6) is 1.17. The smallest absolute Gasteiger partial charge is 0.258 e. The van der Waals surface area contributed by atoms with Crippen LogP contribution < -0.4 is 0 Å². The van der Waals surface area contributed by atoms with Crippen LogP contribution in [0.1, 0.15) is 30.0 Å². The molecule has 4 heteroatoms. The van der Waals surface area contributed by atoms with E-state index in [0.29, 0.717) is 23.6 Å². The summed E-state index contributed by atoms with van der Waals surface area (Å²) in [6.45, 7) is 6.04. The third kappa shape index (κ3) is 3.16. The number of rotatable bonds is 5. The number of aliphatic hydroxyl groups is 1. The molecule has 4 nitrogen and oxygen atoms in total. The van der Waals surface area contributed by atoms with Gasteiger partial charge in [0.15, 0.2) is 0 Å². The van der Waals surface area contributed by atoms with Crippen LogP contribution in [0.15, 0.2) is 40.8 Å². The summed E-state index contributed by atoms with van der Waals surface area (Å²) in [5, 5.41) is 9.31. The molecule has 1 amide bonds. The minimum atomic E-state index is -0.221. The fourth-order valence-electron chi connectivity index (χ4n) is 2.39. The number of aliphatic hydroxyl groups excluding tert-OH is 1. The van der Waals surface area contributed by atoms with Gasteiger partial charge >= 0.3 is 0 Å². The highest BCUT2D eigenvalue weighted by Crippen LogP contribution is 2.28. The number of hydrogen-bond donors (Lipinski definition) is 1. The fourth-order valence-corrected chi connectivity index (χ4v) is 2.39. The summed E-state index contributed by atoms with van der Waals surface area (Å²) >= 11 is 0. The second kappa shape index (κ2) is 6.59. The maximum Gasteiger partial charge on any atom is 0.258 e. The van der Waals surface area contributed by atoms with Crippen molar-refractivity contribution < 1.29 is 14.3 Å². The monoisotopic (exact) mass is 287 g/mol. The molecule has 1 aromatic heterocycles. The Morgan fingerprint density at radius 2 is 2.00 bits per heavy atom. The van der Waals surface area contributed by atoms with Crippen LogP contribution in [-0.4, -0.2) is 35.1 Å². The van der Waals surface area contributed by atoms with Gasteiger partial charge in [0.25, 0.3) is 5.91 Å². The molecule has 0 aliphatic heterocycles. The highest BCUT2D eigenvalue weighted by Gasteiger charge is 2.25. The molecule has 2 aromatic rings. The van der Waals surface area contributed by atoms with Crippen molar-refractivity contribution in [1.82, 2.24) is 4.90 Å². The number of amides is 1. The fraction of sp³-hybridized carbons (Fsp3) is 0.353. The van der Waals surface area contributed by atoms with Crippen molar-refractivity contribution in [2.45, 2.75) is 26.8 Å². The number of benzene rings is 1. The third-order valence-corrected chi connectivity index (χ3v) is 3.52. The van der Waals surface area contributed by atoms with Gasteiger partial charge in [0, 0.05) is 12.1 Å². The maximum absolute atomic E-state index is 12.7. The minimum absolute atomic E-state index is 0.0584. The van der Waals surface area contributed by atoms with Gasteiger partial charge in [0.2, 0.25) is 0 Å². The molecule has 1 heterocycles. The molecular weight excluding hydrogens is 266 g/mol. The van der Waals surface area contributed by atoms with E-state index in [2.05, 4.69) is 0 Å². The molecule has 0 aliphatic carbocycles. The highest BCUT2D eigenvalue weighted by molar-refractivity contribution is 6.00. The standard InChI is InChI=1S/C17H21NO3/c1-4-18(12(2)11-19)17(20)15-10-13(3)21-16(15)14-8-6-5-7-9-14/h5-10,12,19H,4,11H2,1-3H3/t12-/m1/s1. The topological polar surface area (TPSA) is 53.7 Å². The number of likely N-dealkylation sites (N-methyl/N-ethyl adjacent to an activating group) is 1. The Labute approximate surface area is 125 Å². The van der Waals surface area contributed by atoms with Gasteiger partial charge in [-0.05, 0) is 26.8 Å². The summed E-state index contributed by atoms with van der Waals surface area (Å²) in [5.41, 5.74) is 1.42. The van der Waals surface area contributed by atoms with E-state index >= 15 is 0 Å². The van der Waals surface area contributed by atoms with E-state index in [9.17, 15) is 9.90 Å². The van der Waals surface area contributed by atoms with Gasteiger partial charge in [0.05, 0.1) is 18.2 Å². The molecule has 1 atom stereocenters. The van der Waals surface area contributed by atoms with E-state index in [4.69, 9.17) is 4.42 Å². The molecule has 0 aliphatic rings. The zero-order chi connectivity index (χ0) is 15.4. The van der Waals surface area contributed by atoms with Crippen LogP contribution >= 0.6 is 0 Å². The minimum Gasteiger partial charge on any atom is -0.461 e. The lowest BCUT2D eigenvalue weighted by Crippen LogP contribution is -2.40. The predicted molar refractivity (Wildman–Crippen MR) is 82.1 cm³/mol. The van der Waals surface area contributed by atoms with Crippen molar-refractivity contribution in [2.24, 2.45) is 0 Å². The van der Waals surface area contributed by atoms with Gasteiger partial charge in [-0.15, -0.1) is 0 Å². The molecule has 21 heavy (non-hydrogen) atoms. The molecular formula is C17H21NO3. The van der Waals surface area contributed by atoms with Crippen LogP contribution in [0.25, 0.3) is 11.3 Å². The normalized spacial score (nSPS) is 12.2. The number of nitrogens with zero attached hydrogens (tertiary/aromatic N) is 1. The predicted octanol–water partition coefficient (Wildman–Crippen LogP) is 3.10. The molecule has 0 radical (unpaired) electrons. The zero-order valence-corrected chi connectivity index (χ0v) is 12.7. The summed E-state index contributed by atoms with van der Waals surface area (Å²) in [7, 11) is 0.